The molecule has 4 N–H and O–H groups in total. The van der Waals surface area contributed by atoms with E-state index in [-0.39, 0.29) is 17.4 Å². The largest absolute Gasteiger partial charge is 0.350 e. The molecule has 0 bridgehead atoms. The number of aromatic nitrogens is 3. The number of hydrogen-bond donors (Lipinski definition) is 4. The fraction of sp³-hybridized carbons (Fsp3) is 0.429. The molecular weight excluding hydrogens is 464 g/mol. The number of nitrogens with one attached hydrogen (secondary N) is 4. The molecule has 2 aromatic carbocycles. The van der Waals surface area contributed by atoms with Crippen LogP contribution in [0.5, 0.6) is 0 Å². The van der Waals surface area contributed by atoms with Crippen molar-refractivity contribution >= 4 is 35.1 Å². The first kappa shape index (κ1) is 26.3. The smallest absolute Gasteiger partial charge is 0.255 e. The number of hydrogen-bond acceptors (Lipinski definition) is 8. The Morgan fingerprint density at radius 3 is 2.57 bits per heavy atom. The van der Waals surface area contributed by atoms with Gasteiger partial charge in [0, 0.05) is 43.1 Å². The molecule has 0 aliphatic carbocycles. The highest BCUT2D eigenvalue weighted by molar-refractivity contribution is 6.05. The lowest BCUT2D eigenvalue weighted by molar-refractivity contribution is 0.102. The molecule has 1 amide bonds. The van der Waals surface area contributed by atoms with Crippen LogP contribution in [0.15, 0.2) is 42.5 Å². The van der Waals surface area contributed by atoms with Crippen LogP contribution in [0.1, 0.15) is 48.7 Å². The second-order valence-electron chi connectivity index (χ2n) is 11.0. The summed E-state index contributed by atoms with van der Waals surface area (Å²) in [5.41, 5.74) is 4.22. The molecule has 37 heavy (non-hydrogen) atoms. The van der Waals surface area contributed by atoms with E-state index in [2.05, 4.69) is 47.0 Å². The van der Waals surface area contributed by atoms with Crippen molar-refractivity contribution in [2.45, 2.75) is 47.1 Å². The van der Waals surface area contributed by atoms with Gasteiger partial charge >= 0.3 is 0 Å². The minimum atomic E-state index is -0.175. The third-order valence-corrected chi connectivity index (χ3v) is 6.09. The fourth-order valence-electron chi connectivity index (χ4n) is 4.34. The maximum atomic E-state index is 13.0. The highest BCUT2D eigenvalue weighted by Crippen LogP contribution is 2.24. The Hall–Kier alpha value is -3.72. The van der Waals surface area contributed by atoms with Gasteiger partial charge in [-0.2, -0.15) is 15.0 Å². The summed E-state index contributed by atoms with van der Waals surface area (Å²) >= 11 is 0. The van der Waals surface area contributed by atoms with Gasteiger partial charge in [0.1, 0.15) is 0 Å². The number of carbonyl (C=O) groups is 1. The van der Waals surface area contributed by atoms with Crippen molar-refractivity contribution in [2.75, 3.05) is 47.5 Å². The number of rotatable bonds is 8. The van der Waals surface area contributed by atoms with E-state index in [0.29, 0.717) is 23.4 Å². The van der Waals surface area contributed by atoms with Gasteiger partial charge in [-0.25, -0.2) is 0 Å². The van der Waals surface area contributed by atoms with Gasteiger partial charge in [-0.15, -0.1) is 0 Å². The lowest BCUT2D eigenvalue weighted by atomic mass is 9.96. The lowest BCUT2D eigenvalue weighted by Crippen LogP contribution is -2.31. The molecule has 3 aromatic rings. The first-order valence-corrected chi connectivity index (χ1v) is 12.8. The lowest BCUT2D eigenvalue weighted by Gasteiger charge is -2.27. The summed E-state index contributed by atoms with van der Waals surface area (Å²) in [5, 5.41) is 13.1. The van der Waals surface area contributed by atoms with Crippen molar-refractivity contribution < 1.29 is 4.79 Å². The van der Waals surface area contributed by atoms with E-state index < -0.39 is 0 Å². The van der Waals surface area contributed by atoms with E-state index in [1.807, 2.05) is 68.3 Å². The maximum Gasteiger partial charge on any atom is 0.255 e. The van der Waals surface area contributed by atoms with Gasteiger partial charge in [0.15, 0.2) is 0 Å². The maximum absolute atomic E-state index is 13.0. The molecule has 1 fully saturated rings. The summed E-state index contributed by atoms with van der Waals surface area (Å²) in [6.45, 7) is 13.2. The Labute approximate surface area is 219 Å². The summed E-state index contributed by atoms with van der Waals surface area (Å²) in [4.78, 5) is 29.1. The number of aryl methyl sites for hydroxylation is 2. The molecule has 0 radical (unpaired) electrons. The minimum absolute atomic E-state index is 0.0769. The van der Waals surface area contributed by atoms with Crippen LogP contribution in [0.25, 0.3) is 0 Å². The Morgan fingerprint density at radius 1 is 1.08 bits per heavy atom. The Balaban J connectivity index is 1.59. The van der Waals surface area contributed by atoms with Crippen LogP contribution in [0.3, 0.4) is 0 Å². The van der Waals surface area contributed by atoms with Crippen molar-refractivity contribution in [1.29, 1.82) is 0 Å². The topological polar surface area (TPSA) is 107 Å². The van der Waals surface area contributed by atoms with E-state index in [9.17, 15) is 4.79 Å². The third-order valence-electron chi connectivity index (χ3n) is 6.09. The number of nitrogens with zero attached hydrogens (tertiary/aromatic N) is 4. The highest BCUT2D eigenvalue weighted by atomic mass is 16.1. The Morgan fingerprint density at radius 2 is 1.86 bits per heavy atom. The van der Waals surface area contributed by atoms with Crippen LogP contribution < -0.4 is 26.2 Å². The molecular formula is C28H38N8O. The molecule has 196 valence electrons. The SMILES string of the molecule is Cc1cccc(NC(=O)c2ccc(C)c(Nc3nc(N[C@H]4CCNC4)nc(N(C)CC(C)(C)C)n3)c2)c1. The summed E-state index contributed by atoms with van der Waals surface area (Å²) in [6, 6.07) is 13.6. The number of carbonyl (C=O) groups excluding carboxylic acids is 1. The van der Waals surface area contributed by atoms with Crippen molar-refractivity contribution in [1.82, 2.24) is 20.3 Å². The van der Waals surface area contributed by atoms with E-state index in [1.54, 1.807) is 0 Å². The van der Waals surface area contributed by atoms with Gasteiger partial charge in [-0.05, 0) is 67.6 Å². The molecule has 0 unspecified atom stereocenters. The summed E-state index contributed by atoms with van der Waals surface area (Å²) < 4.78 is 0. The first-order chi connectivity index (χ1) is 17.6. The van der Waals surface area contributed by atoms with Gasteiger partial charge < -0.3 is 26.2 Å². The van der Waals surface area contributed by atoms with Gasteiger partial charge in [0.2, 0.25) is 17.8 Å². The van der Waals surface area contributed by atoms with Gasteiger partial charge in [0.05, 0.1) is 0 Å². The van der Waals surface area contributed by atoms with E-state index in [4.69, 9.17) is 9.97 Å². The predicted octanol–water partition coefficient (Wildman–Crippen LogP) is 4.74. The third kappa shape index (κ3) is 7.39. The fourth-order valence-corrected chi connectivity index (χ4v) is 4.34. The minimum Gasteiger partial charge on any atom is -0.350 e. The average Bonchev–Trinajstić information content (AvgIpc) is 3.32. The zero-order chi connectivity index (χ0) is 26.6. The van der Waals surface area contributed by atoms with Crippen molar-refractivity contribution in [3.8, 4) is 0 Å². The zero-order valence-corrected chi connectivity index (χ0v) is 22.6. The van der Waals surface area contributed by atoms with Crippen molar-refractivity contribution in [2.24, 2.45) is 5.41 Å². The molecule has 2 heterocycles. The summed E-state index contributed by atoms with van der Waals surface area (Å²) in [7, 11) is 1.99. The molecule has 1 aliphatic rings. The second-order valence-corrected chi connectivity index (χ2v) is 11.0. The van der Waals surface area contributed by atoms with Crippen LogP contribution in [-0.4, -0.2) is 53.6 Å². The number of amides is 1. The average molecular weight is 503 g/mol. The molecule has 1 aromatic heterocycles. The number of benzene rings is 2. The van der Waals surface area contributed by atoms with E-state index in [0.717, 1.165) is 48.6 Å². The number of anilines is 5. The van der Waals surface area contributed by atoms with Gasteiger partial charge in [-0.1, -0.05) is 39.0 Å². The predicted molar refractivity (Wildman–Crippen MR) is 151 cm³/mol. The molecule has 1 saturated heterocycles. The van der Waals surface area contributed by atoms with Crippen molar-refractivity contribution in [3.63, 3.8) is 0 Å². The highest BCUT2D eigenvalue weighted by Gasteiger charge is 2.20. The normalized spacial score (nSPS) is 15.4. The molecule has 0 spiro atoms. The van der Waals surface area contributed by atoms with Crippen LogP contribution in [0.4, 0.5) is 29.2 Å². The monoisotopic (exact) mass is 502 g/mol. The Bertz CT molecular complexity index is 1250. The molecule has 4 rings (SSSR count). The van der Waals surface area contributed by atoms with E-state index >= 15 is 0 Å². The van der Waals surface area contributed by atoms with Crippen LogP contribution in [-0.2, 0) is 0 Å². The molecule has 9 nitrogen and oxygen atoms in total. The van der Waals surface area contributed by atoms with Gasteiger partial charge in [0.25, 0.3) is 5.91 Å². The molecule has 9 heteroatoms. The Kier molecular flexibility index (Phi) is 7.92. The summed E-state index contributed by atoms with van der Waals surface area (Å²) in [6.07, 6.45) is 1.01. The second kappa shape index (κ2) is 11.1. The molecule has 1 aliphatic heterocycles. The van der Waals surface area contributed by atoms with Gasteiger partial charge in [-0.3, -0.25) is 4.79 Å². The van der Waals surface area contributed by atoms with Crippen molar-refractivity contribution in [3.05, 3.63) is 59.2 Å². The van der Waals surface area contributed by atoms with Crippen LogP contribution >= 0.6 is 0 Å². The standard InChI is InChI=1S/C28H38N8O/c1-18-8-7-9-21(14-18)30-24(37)20-11-10-19(2)23(15-20)32-26-33-25(31-22-12-13-29-16-22)34-27(35-26)36(6)17-28(3,4)5/h7-11,14-15,22,29H,12-13,16-17H2,1-6H3,(H,30,37)(H2,31,32,33,34,35)/t22-/m0/s1. The quantitative estimate of drug-likeness (QED) is 0.350. The summed E-state index contributed by atoms with van der Waals surface area (Å²) in [5.74, 6) is 1.38. The zero-order valence-electron chi connectivity index (χ0n) is 22.6. The molecule has 0 saturated carbocycles. The molecule has 1 atom stereocenters. The van der Waals surface area contributed by atoms with E-state index in [1.165, 1.54) is 0 Å². The van der Waals surface area contributed by atoms with Crippen LogP contribution in [0.2, 0.25) is 0 Å². The van der Waals surface area contributed by atoms with Crippen LogP contribution in [0, 0.1) is 19.3 Å². The first-order valence-electron chi connectivity index (χ1n) is 12.8.